The highest BCUT2D eigenvalue weighted by Gasteiger charge is 2.32. The van der Waals surface area contributed by atoms with E-state index in [0.717, 1.165) is 28.3 Å². The van der Waals surface area contributed by atoms with Gasteiger partial charge in [-0.25, -0.2) is 4.98 Å². The fourth-order valence-corrected chi connectivity index (χ4v) is 3.85. The molecule has 1 aromatic heterocycles. The summed E-state index contributed by atoms with van der Waals surface area (Å²) in [5.41, 5.74) is 10.4. The van der Waals surface area contributed by atoms with Crippen molar-refractivity contribution in [1.29, 1.82) is 0 Å². The lowest BCUT2D eigenvalue weighted by atomic mass is 10.0. The number of nitrogens with two attached hydrogens (primary N) is 1. The Morgan fingerprint density at radius 1 is 1.03 bits per heavy atom. The number of carbonyl (C=O) groups excluding carboxylic acids is 1. The first-order chi connectivity index (χ1) is 13.7. The summed E-state index contributed by atoms with van der Waals surface area (Å²) in [6.45, 7) is 7.31. The number of hydrogen-bond donors (Lipinski definition) is 1. The van der Waals surface area contributed by atoms with Crippen LogP contribution in [0, 0.1) is 6.92 Å². The van der Waals surface area contributed by atoms with Gasteiger partial charge in [-0.2, -0.15) is 0 Å². The minimum Gasteiger partial charge on any atom is -0.332 e. The quantitative estimate of drug-likeness (QED) is 0.704. The van der Waals surface area contributed by atoms with Gasteiger partial charge in [-0.3, -0.25) is 4.79 Å². The van der Waals surface area contributed by atoms with Crippen molar-refractivity contribution in [2.75, 3.05) is 6.54 Å². The van der Waals surface area contributed by atoms with Gasteiger partial charge in [0.05, 0.1) is 23.5 Å². The van der Waals surface area contributed by atoms with E-state index in [1.54, 1.807) is 18.7 Å². The second kappa shape index (κ2) is 7.32. The van der Waals surface area contributed by atoms with Crippen LogP contribution in [0.3, 0.4) is 0 Å². The second-order valence-electron chi connectivity index (χ2n) is 8.20. The van der Waals surface area contributed by atoms with Crippen molar-refractivity contribution in [2.45, 2.75) is 39.4 Å². The van der Waals surface area contributed by atoms with Gasteiger partial charge in [-0.15, -0.1) is 0 Å². The SMILES string of the molecule is Cc1ccc(-c2c(-c3ccc(Cl)cc3)nc3n2CCN(C(=O)C(C)(C)N)C3)cc1. The summed E-state index contributed by atoms with van der Waals surface area (Å²) < 4.78 is 2.22. The molecule has 6 heteroatoms. The van der Waals surface area contributed by atoms with Crippen molar-refractivity contribution in [1.82, 2.24) is 14.5 Å². The number of imidazole rings is 1. The fourth-order valence-electron chi connectivity index (χ4n) is 3.73. The number of amides is 1. The van der Waals surface area contributed by atoms with Crippen LogP contribution in [0.4, 0.5) is 0 Å². The number of hydrogen-bond acceptors (Lipinski definition) is 3. The van der Waals surface area contributed by atoms with Crippen LogP contribution in [0.5, 0.6) is 0 Å². The monoisotopic (exact) mass is 408 g/mol. The van der Waals surface area contributed by atoms with Crippen molar-refractivity contribution in [3.05, 3.63) is 64.9 Å². The Kier molecular flexibility index (Phi) is 4.97. The first kappa shape index (κ1) is 19.7. The Bertz CT molecular complexity index is 1050. The van der Waals surface area contributed by atoms with Crippen LogP contribution in [0.25, 0.3) is 22.5 Å². The minimum atomic E-state index is -0.895. The van der Waals surface area contributed by atoms with Gasteiger partial charge in [-0.05, 0) is 32.9 Å². The average Bonchev–Trinajstić information content (AvgIpc) is 3.06. The van der Waals surface area contributed by atoms with Crippen LogP contribution < -0.4 is 5.73 Å². The predicted octanol–water partition coefficient (Wildman–Crippen LogP) is 4.26. The zero-order chi connectivity index (χ0) is 20.8. The first-order valence-corrected chi connectivity index (χ1v) is 10.1. The Hall–Kier alpha value is -2.63. The summed E-state index contributed by atoms with van der Waals surface area (Å²) in [4.78, 5) is 19.4. The number of nitrogens with zero attached hydrogens (tertiary/aromatic N) is 3. The topological polar surface area (TPSA) is 64.2 Å². The number of aromatic nitrogens is 2. The summed E-state index contributed by atoms with van der Waals surface area (Å²) in [6.07, 6.45) is 0. The Morgan fingerprint density at radius 2 is 1.66 bits per heavy atom. The number of halogens is 1. The van der Waals surface area contributed by atoms with Gasteiger partial charge in [-0.1, -0.05) is 53.6 Å². The standard InChI is InChI=1S/C23H25ClN4O/c1-15-4-6-17(7-5-15)21-20(16-8-10-18(24)11-9-16)26-19-14-27(12-13-28(19)21)22(29)23(2,3)25/h4-11H,12-14,25H2,1-3H3. The molecule has 0 spiro atoms. The van der Waals surface area contributed by atoms with Crippen molar-refractivity contribution >= 4 is 17.5 Å². The van der Waals surface area contributed by atoms with Gasteiger partial charge in [0.2, 0.25) is 5.91 Å². The lowest BCUT2D eigenvalue weighted by Crippen LogP contribution is -2.52. The van der Waals surface area contributed by atoms with E-state index in [9.17, 15) is 4.79 Å². The molecule has 2 heterocycles. The zero-order valence-corrected chi connectivity index (χ0v) is 17.7. The third kappa shape index (κ3) is 3.80. The molecular weight excluding hydrogens is 384 g/mol. The average molecular weight is 409 g/mol. The van der Waals surface area contributed by atoms with Crippen molar-refractivity contribution in [3.63, 3.8) is 0 Å². The van der Waals surface area contributed by atoms with Gasteiger partial charge in [0, 0.05) is 29.2 Å². The maximum Gasteiger partial charge on any atom is 0.242 e. The summed E-state index contributed by atoms with van der Waals surface area (Å²) in [5.74, 6) is 0.811. The Morgan fingerprint density at radius 3 is 2.28 bits per heavy atom. The molecule has 0 radical (unpaired) electrons. The van der Waals surface area contributed by atoms with Crippen LogP contribution in [0.15, 0.2) is 48.5 Å². The molecule has 0 aliphatic carbocycles. The Labute approximate surface area is 176 Å². The highest BCUT2D eigenvalue weighted by Crippen LogP contribution is 2.35. The maximum absolute atomic E-state index is 12.7. The fraction of sp³-hybridized carbons (Fsp3) is 0.304. The molecule has 29 heavy (non-hydrogen) atoms. The van der Waals surface area contributed by atoms with E-state index in [2.05, 4.69) is 35.8 Å². The lowest BCUT2D eigenvalue weighted by molar-refractivity contribution is -0.137. The zero-order valence-electron chi connectivity index (χ0n) is 16.9. The van der Waals surface area contributed by atoms with Crippen molar-refractivity contribution in [3.8, 4) is 22.5 Å². The van der Waals surface area contributed by atoms with Gasteiger partial charge in [0.25, 0.3) is 0 Å². The number of aryl methyl sites for hydroxylation is 1. The molecule has 4 rings (SSSR count). The molecule has 3 aromatic rings. The molecule has 0 bridgehead atoms. The van der Waals surface area contributed by atoms with Crippen LogP contribution >= 0.6 is 11.6 Å². The molecule has 1 aliphatic heterocycles. The third-order valence-electron chi connectivity index (χ3n) is 5.25. The molecule has 0 saturated heterocycles. The van der Waals surface area contributed by atoms with Crippen LogP contribution in [0.2, 0.25) is 5.02 Å². The molecule has 1 amide bonds. The molecule has 5 nitrogen and oxygen atoms in total. The summed E-state index contributed by atoms with van der Waals surface area (Å²) in [7, 11) is 0. The van der Waals surface area contributed by atoms with Crippen molar-refractivity contribution in [2.24, 2.45) is 5.73 Å². The summed E-state index contributed by atoms with van der Waals surface area (Å²) >= 11 is 6.09. The van der Waals surface area contributed by atoms with Crippen LogP contribution in [0.1, 0.15) is 25.2 Å². The molecule has 150 valence electrons. The molecule has 0 atom stereocenters. The van der Waals surface area contributed by atoms with E-state index in [-0.39, 0.29) is 5.91 Å². The molecule has 0 saturated carbocycles. The van der Waals surface area contributed by atoms with Gasteiger partial charge >= 0.3 is 0 Å². The van der Waals surface area contributed by atoms with Crippen LogP contribution in [-0.4, -0.2) is 32.4 Å². The Balaban J connectivity index is 1.82. The highest BCUT2D eigenvalue weighted by molar-refractivity contribution is 6.30. The summed E-state index contributed by atoms with van der Waals surface area (Å²) in [5, 5.41) is 0.691. The first-order valence-electron chi connectivity index (χ1n) is 9.74. The summed E-state index contributed by atoms with van der Waals surface area (Å²) in [6, 6.07) is 16.2. The highest BCUT2D eigenvalue weighted by atomic mass is 35.5. The minimum absolute atomic E-state index is 0.0586. The van der Waals surface area contributed by atoms with Gasteiger partial charge in [0.1, 0.15) is 5.82 Å². The maximum atomic E-state index is 12.7. The van der Waals surface area contributed by atoms with Crippen LogP contribution in [-0.2, 0) is 17.9 Å². The van der Waals surface area contributed by atoms with Crippen molar-refractivity contribution < 1.29 is 4.79 Å². The number of carbonyl (C=O) groups is 1. The predicted molar refractivity (Wildman–Crippen MR) is 117 cm³/mol. The molecule has 1 aliphatic rings. The molecular formula is C23H25ClN4O. The van der Waals surface area contributed by atoms with E-state index in [1.165, 1.54) is 5.56 Å². The molecule has 2 N–H and O–H groups in total. The smallest absolute Gasteiger partial charge is 0.242 e. The number of benzene rings is 2. The number of rotatable bonds is 3. The van der Waals surface area contributed by atoms with Gasteiger partial charge < -0.3 is 15.2 Å². The van der Waals surface area contributed by atoms with E-state index in [1.807, 2.05) is 24.3 Å². The lowest BCUT2D eigenvalue weighted by Gasteiger charge is -2.33. The third-order valence-corrected chi connectivity index (χ3v) is 5.51. The van der Waals surface area contributed by atoms with E-state index in [4.69, 9.17) is 22.3 Å². The van der Waals surface area contributed by atoms with E-state index < -0.39 is 5.54 Å². The second-order valence-corrected chi connectivity index (χ2v) is 8.63. The molecule has 2 aromatic carbocycles. The largest absolute Gasteiger partial charge is 0.332 e. The normalized spacial score (nSPS) is 14.0. The molecule has 0 unspecified atom stereocenters. The van der Waals surface area contributed by atoms with E-state index >= 15 is 0 Å². The molecule has 0 fully saturated rings. The van der Waals surface area contributed by atoms with E-state index in [0.29, 0.717) is 24.7 Å². The van der Waals surface area contributed by atoms with Gasteiger partial charge in [0.15, 0.2) is 0 Å². The number of fused-ring (bicyclic) bond motifs is 1.